The van der Waals surface area contributed by atoms with E-state index in [9.17, 15) is 8.42 Å². The molecule has 0 unspecified atom stereocenters. The van der Waals surface area contributed by atoms with Crippen molar-refractivity contribution < 1.29 is 8.42 Å². The van der Waals surface area contributed by atoms with E-state index in [2.05, 4.69) is 4.98 Å². The zero-order chi connectivity index (χ0) is 15.7. The lowest BCUT2D eigenvalue weighted by molar-refractivity contribution is 0.384. The second kappa shape index (κ2) is 6.02. The summed E-state index contributed by atoms with van der Waals surface area (Å²) < 4.78 is 28.7. The summed E-state index contributed by atoms with van der Waals surface area (Å²) in [6.45, 7) is 0.521. The molecule has 0 bridgehead atoms. The Morgan fingerprint density at radius 1 is 1.32 bits per heavy atom. The van der Waals surface area contributed by atoms with Gasteiger partial charge in [0.1, 0.15) is 5.15 Å². The fraction of sp³-hybridized carbons (Fsp3) is 0.400. The topological polar surface area (TPSA) is 55.2 Å². The number of rotatable bonds is 4. The van der Waals surface area contributed by atoms with E-state index in [1.807, 2.05) is 30.3 Å². The molecule has 0 saturated carbocycles. The van der Waals surface area contributed by atoms with Gasteiger partial charge in [0.05, 0.1) is 6.33 Å². The van der Waals surface area contributed by atoms with Crippen molar-refractivity contribution in [1.82, 2.24) is 13.9 Å². The summed E-state index contributed by atoms with van der Waals surface area (Å²) in [6, 6.07) is 9.91. The maximum Gasteiger partial charge on any atom is 0.263 e. The van der Waals surface area contributed by atoms with Crippen molar-refractivity contribution in [3.8, 4) is 0 Å². The summed E-state index contributed by atoms with van der Waals surface area (Å²) in [6.07, 6.45) is 3.86. The van der Waals surface area contributed by atoms with E-state index < -0.39 is 10.0 Å². The zero-order valence-electron chi connectivity index (χ0n) is 12.3. The maximum absolute atomic E-state index is 12.8. The molecule has 2 aromatic rings. The van der Waals surface area contributed by atoms with E-state index in [-0.39, 0.29) is 16.2 Å². The molecule has 1 fully saturated rings. The van der Waals surface area contributed by atoms with E-state index in [0.717, 1.165) is 18.4 Å². The molecule has 0 spiro atoms. The highest BCUT2D eigenvalue weighted by atomic mass is 35.5. The first-order valence-corrected chi connectivity index (χ1v) is 9.04. The summed E-state index contributed by atoms with van der Waals surface area (Å²) in [5.41, 5.74) is 1.14. The summed E-state index contributed by atoms with van der Waals surface area (Å²) in [5, 5.41) is 0.113. The Morgan fingerprint density at radius 3 is 2.68 bits per heavy atom. The minimum absolute atomic E-state index is 0.0366. The van der Waals surface area contributed by atoms with Gasteiger partial charge in [-0.2, -0.15) is 4.31 Å². The predicted molar refractivity (Wildman–Crippen MR) is 85.3 cm³/mol. The van der Waals surface area contributed by atoms with Gasteiger partial charge in [0.15, 0.2) is 0 Å². The van der Waals surface area contributed by atoms with Gasteiger partial charge in [-0.3, -0.25) is 0 Å². The van der Waals surface area contributed by atoms with Crippen LogP contribution < -0.4 is 0 Å². The molecule has 0 amide bonds. The lowest BCUT2D eigenvalue weighted by Gasteiger charge is -2.23. The Hall–Kier alpha value is -1.37. The minimum atomic E-state index is -3.65. The predicted octanol–water partition coefficient (Wildman–Crippen LogP) is 2.47. The van der Waals surface area contributed by atoms with E-state index >= 15 is 0 Å². The molecule has 3 rings (SSSR count). The fourth-order valence-corrected chi connectivity index (χ4v) is 4.98. The number of imidazole rings is 1. The largest absolute Gasteiger partial charge is 0.324 e. The molecule has 118 valence electrons. The Kier molecular flexibility index (Phi) is 4.25. The van der Waals surface area contributed by atoms with Gasteiger partial charge in [0.2, 0.25) is 5.03 Å². The van der Waals surface area contributed by atoms with Crippen LogP contribution in [-0.2, 0) is 23.5 Å². The first-order valence-electron chi connectivity index (χ1n) is 7.22. The molecule has 0 aliphatic carbocycles. The number of nitrogens with zero attached hydrogens (tertiary/aromatic N) is 3. The van der Waals surface area contributed by atoms with Crippen LogP contribution in [0.1, 0.15) is 18.4 Å². The van der Waals surface area contributed by atoms with Crippen molar-refractivity contribution in [2.24, 2.45) is 7.05 Å². The monoisotopic (exact) mass is 339 g/mol. The van der Waals surface area contributed by atoms with Gasteiger partial charge in [-0.25, -0.2) is 13.4 Å². The number of hydrogen-bond donors (Lipinski definition) is 0. The van der Waals surface area contributed by atoms with Crippen LogP contribution in [0.25, 0.3) is 0 Å². The second-order valence-electron chi connectivity index (χ2n) is 5.55. The molecule has 1 aliphatic heterocycles. The SMILES string of the molecule is Cn1cnc(S(=O)(=O)N2CCC[C@H]2Cc2ccccc2)c1Cl. The van der Waals surface area contributed by atoms with Gasteiger partial charge in [-0.05, 0) is 24.8 Å². The molecule has 1 aliphatic rings. The van der Waals surface area contributed by atoms with Crippen LogP contribution in [0.2, 0.25) is 5.15 Å². The van der Waals surface area contributed by atoms with Crippen molar-refractivity contribution >= 4 is 21.6 Å². The van der Waals surface area contributed by atoms with Gasteiger partial charge in [-0.1, -0.05) is 41.9 Å². The second-order valence-corrected chi connectivity index (χ2v) is 7.72. The van der Waals surface area contributed by atoms with Crippen LogP contribution in [0.5, 0.6) is 0 Å². The molecular weight excluding hydrogens is 322 g/mol. The van der Waals surface area contributed by atoms with Crippen molar-refractivity contribution in [1.29, 1.82) is 0 Å². The lowest BCUT2D eigenvalue weighted by atomic mass is 10.1. The van der Waals surface area contributed by atoms with Crippen molar-refractivity contribution in [2.75, 3.05) is 6.54 Å². The van der Waals surface area contributed by atoms with E-state index in [1.54, 1.807) is 11.4 Å². The van der Waals surface area contributed by atoms with Crippen LogP contribution in [0.15, 0.2) is 41.7 Å². The van der Waals surface area contributed by atoms with E-state index in [1.165, 1.54) is 10.9 Å². The molecule has 22 heavy (non-hydrogen) atoms. The molecule has 7 heteroatoms. The zero-order valence-corrected chi connectivity index (χ0v) is 13.9. The lowest BCUT2D eigenvalue weighted by Crippen LogP contribution is -2.37. The smallest absolute Gasteiger partial charge is 0.263 e. The molecule has 1 aromatic carbocycles. The molecule has 1 saturated heterocycles. The van der Waals surface area contributed by atoms with Gasteiger partial charge in [0, 0.05) is 19.6 Å². The molecule has 0 N–H and O–H groups in total. The summed E-state index contributed by atoms with van der Waals surface area (Å²) >= 11 is 6.07. The molecule has 2 heterocycles. The summed E-state index contributed by atoms with van der Waals surface area (Å²) in [7, 11) is -1.97. The third-order valence-electron chi connectivity index (χ3n) is 4.02. The summed E-state index contributed by atoms with van der Waals surface area (Å²) in [4.78, 5) is 3.97. The Balaban J connectivity index is 1.88. The minimum Gasteiger partial charge on any atom is -0.324 e. The van der Waals surface area contributed by atoms with Gasteiger partial charge >= 0.3 is 0 Å². The third kappa shape index (κ3) is 2.78. The van der Waals surface area contributed by atoms with Gasteiger partial charge < -0.3 is 4.57 Å². The first-order chi connectivity index (χ1) is 10.5. The average Bonchev–Trinajstić information content (AvgIpc) is 3.09. The molecule has 1 atom stereocenters. The van der Waals surface area contributed by atoms with Crippen LogP contribution in [0.4, 0.5) is 0 Å². The van der Waals surface area contributed by atoms with Crippen molar-refractivity contribution in [2.45, 2.75) is 30.3 Å². The van der Waals surface area contributed by atoms with E-state index in [0.29, 0.717) is 13.0 Å². The molecule has 0 radical (unpaired) electrons. The van der Waals surface area contributed by atoms with Crippen molar-refractivity contribution in [3.05, 3.63) is 47.4 Å². The average molecular weight is 340 g/mol. The Morgan fingerprint density at radius 2 is 2.05 bits per heavy atom. The van der Waals surface area contributed by atoms with Gasteiger partial charge in [0.25, 0.3) is 10.0 Å². The first kappa shape index (κ1) is 15.5. The Bertz CT molecular complexity index is 758. The van der Waals surface area contributed by atoms with Crippen LogP contribution in [0.3, 0.4) is 0 Å². The van der Waals surface area contributed by atoms with Crippen molar-refractivity contribution in [3.63, 3.8) is 0 Å². The highest BCUT2D eigenvalue weighted by Crippen LogP contribution is 2.30. The molecule has 5 nitrogen and oxygen atoms in total. The van der Waals surface area contributed by atoms with Crippen LogP contribution in [-0.4, -0.2) is 34.9 Å². The number of hydrogen-bond acceptors (Lipinski definition) is 3. The normalized spacial score (nSPS) is 19.6. The number of benzene rings is 1. The standard InChI is InChI=1S/C15H18ClN3O2S/c1-18-11-17-15(14(18)16)22(20,21)19-9-5-8-13(19)10-12-6-3-2-4-7-12/h2-4,6-7,11,13H,5,8-10H2,1H3/t13-/m0/s1. The third-order valence-corrected chi connectivity index (χ3v) is 6.47. The Labute approximate surface area is 135 Å². The number of aryl methyl sites for hydroxylation is 1. The van der Waals surface area contributed by atoms with Gasteiger partial charge in [-0.15, -0.1) is 0 Å². The number of aromatic nitrogens is 2. The fourth-order valence-electron chi connectivity index (χ4n) is 2.89. The van der Waals surface area contributed by atoms with Crippen LogP contribution >= 0.6 is 11.6 Å². The van der Waals surface area contributed by atoms with Crippen LogP contribution in [0, 0.1) is 0 Å². The van der Waals surface area contributed by atoms with E-state index in [4.69, 9.17) is 11.6 Å². The summed E-state index contributed by atoms with van der Waals surface area (Å²) in [5.74, 6) is 0. The quantitative estimate of drug-likeness (QED) is 0.859. The molecule has 1 aromatic heterocycles. The highest BCUT2D eigenvalue weighted by Gasteiger charge is 2.37. The number of sulfonamides is 1. The maximum atomic E-state index is 12.8. The number of halogens is 1. The highest BCUT2D eigenvalue weighted by molar-refractivity contribution is 7.89. The molecular formula is C15H18ClN3O2S.